The fourth-order valence-corrected chi connectivity index (χ4v) is 2.08. The molecule has 0 fully saturated rings. The lowest BCUT2D eigenvalue weighted by molar-refractivity contribution is 0.102. The highest BCUT2D eigenvalue weighted by Crippen LogP contribution is 2.23. The van der Waals surface area contributed by atoms with Gasteiger partial charge in [0.15, 0.2) is 0 Å². The number of anilines is 2. The summed E-state index contributed by atoms with van der Waals surface area (Å²) >= 11 is 5.50. The zero-order valence-electron chi connectivity index (χ0n) is 13.1. The van der Waals surface area contributed by atoms with E-state index < -0.39 is 0 Å². The van der Waals surface area contributed by atoms with Crippen LogP contribution in [-0.4, -0.2) is 31.5 Å². The van der Waals surface area contributed by atoms with Gasteiger partial charge in [0.1, 0.15) is 5.75 Å². The number of alkyl halides is 1. The number of para-hydroxylation sites is 2. The predicted molar refractivity (Wildman–Crippen MR) is 95.1 cm³/mol. The minimum atomic E-state index is -0.345. The normalized spacial score (nSPS) is 9.92. The van der Waals surface area contributed by atoms with Crippen LogP contribution in [0.15, 0.2) is 48.5 Å². The summed E-state index contributed by atoms with van der Waals surface area (Å²) in [6, 6.07) is 13.4. The molecule has 3 N–H and O–H groups in total. The molecular weight excluding hydrogens is 330 g/mol. The first-order valence-electron chi connectivity index (χ1n) is 7.29. The maximum absolute atomic E-state index is 12.3. The maximum atomic E-state index is 12.3. The topological polar surface area (TPSA) is 79.5 Å². The smallest absolute Gasteiger partial charge is 0.319 e. The number of carbonyl (C=O) groups is 2. The number of nitrogens with one attached hydrogen (secondary N) is 3. The zero-order valence-corrected chi connectivity index (χ0v) is 13.9. The first-order valence-corrected chi connectivity index (χ1v) is 7.82. The van der Waals surface area contributed by atoms with Gasteiger partial charge in [-0.2, -0.15) is 0 Å². The number of methoxy groups -OCH3 is 1. The summed E-state index contributed by atoms with van der Waals surface area (Å²) in [5.74, 6) is 0.660. The Labute approximate surface area is 145 Å². The number of halogens is 1. The molecule has 0 aliphatic rings. The van der Waals surface area contributed by atoms with Gasteiger partial charge in [0.2, 0.25) is 0 Å². The molecule has 7 heteroatoms. The Bertz CT molecular complexity index is 704. The van der Waals surface area contributed by atoms with Crippen molar-refractivity contribution in [2.75, 3.05) is 30.2 Å². The lowest BCUT2D eigenvalue weighted by Gasteiger charge is -2.10. The second-order valence-corrected chi connectivity index (χ2v) is 5.18. The molecule has 24 heavy (non-hydrogen) atoms. The van der Waals surface area contributed by atoms with Crippen molar-refractivity contribution in [2.24, 2.45) is 0 Å². The molecule has 0 heterocycles. The summed E-state index contributed by atoms with van der Waals surface area (Å²) in [5, 5.41) is 8.03. The number of ether oxygens (including phenoxy) is 1. The molecule has 0 spiro atoms. The van der Waals surface area contributed by atoms with Crippen LogP contribution in [0.4, 0.5) is 16.2 Å². The molecule has 2 rings (SSSR count). The molecule has 0 aromatic heterocycles. The fourth-order valence-electron chi connectivity index (χ4n) is 1.98. The third kappa shape index (κ3) is 4.89. The van der Waals surface area contributed by atoms with E-state index in [1.807, 2.05) is 12.1 Å². The molecule has 6 nitrogen and oxygen atoms in total. The Hall–Kier alpha value is -2.73. The highest BCUT2D eigenvalue weighted by atomic mass is 35.5. The summed E-state index contributed by atoms with van der Waals surface area (Å²) in [5.41, 5.74) is 1.64. The number of rotatable bonds is 6. The summed E-state index contributed by atoms with van der Waals surface area (Å²) < 4.78 is 5.20. The molecular formula is C17H18ClN3O3. The second-order valence-electron chi connectivity index (χ2n) is 4.80. The van der Waals surface area contributed by atoms with E-state index in [9.17, 15) is 9.59 Å². The third-order valence-electron chi connectivity index (χ3n) is 3.14. The monoisotopic (exact) mass is 347 g/mol. The van der Waals surface area contributed by atoms with Crippen molar-refractivity contribution >= 4 is 34.9 Å². The number of benzene rings is 2. The van der Waals surface area contributed by atoms with Gasteiger partial charge in [-0.15, -0.1) is 11.6 Å². The molecule has 0 saturated heterocycles. The first kappa shape index (κ1) is 17.6. The van der Waals surface area contributed by atoms with E-state index in [1.165, 1.54) is 0 Å². The van der Waals surface area contributed by atoms with Crippen LogP contribution in [0.1, 0.15) is 10.4 Å². The fraction of sp³-hybridized carbons (Fsp3) is 0.176. The number of urea groups is 1. The molecule has 0 saturated carbocycles. The van der Waals surface area contributed by atoms with Crippen molar-refractivity contribution < 1.29 is 14.3 Å². The van der Waals surface area contributed by atoms with Crippen molar-refractivity contribution in [3.63, 3.8) is 0 Å². The Morgan fingerprint density at radius 3 is 2.42 bits per heavy atom. The highest BCUT2D eigenvalue weighted by Gasteiger charge is 2.09. The van der Waals surface area contributed by atoms with Crippen LogP contribution < -0.4 is 20.7 Å². The quantitative estimate of drug-likeness (QED) is 0.701. The standard InChI is InChI=1S/C17H18ClN3O3/c1-24-15-5-3-2-4-14(15)21-16(22)12-6-8-13(9-7-12)20-17(23)19-11-10-18/h2-9H,10-11H2,1H3,(H,21,22)(H2,19,20,23). The van der Waals surface area contributed by atoms with Gasteiger partial charge in [-0.3, -0.25) is 4.79 Å². The van der Waals surface area contributed by atoms with Gasteiger partial charge in [0.05, 0.1) is 12.8 Å². The summed E-state index contributed by atoms with van der Waals surface area (Å²) in [6.07, 6.45) is 0. The van der Waals surface area contributed by atoms with E-state index in [2.05, 4.69) is 16.0 Å². The number of amides is 3. The van der Waals surface area contributed by atoms with Crippen LogP contribution in [0.3, 0.4) is 0 Å². The van der Waals surface area contributed by atoms with E-state index in [4.69, 9.17) is 16.3 Å². The molecule has 2 aromatic rings. The van der Waals surface area contributed by atoms with Crippen LogP contribution in [0, 0.1) is 0 Å². The average molecular weight is 348 g/mol. The molecule has 0 atom stereocenters. The lowest BCUT2D eigenvalue weighted by atomic mass is 10.2. The van der Waals surface area contributed by atoms with E-state index in [0.717, 1.165) is 0 Å². The summed E-state index contributed by atoms with van der Waals surface area (Å²) in [7, 11) is 1.54. The van der Waals surface area contributed by atoms with Crippen LogP contribution in [-0.2, 0) is 0 Å². The van der Waals surface area contributed by atoms with Gasteiger partial charge >= 0.3 is 6.03 Å². The van der Waals surface area contributed by atoms with Crippen LogP contribution in [0.5, 0.6) is 5.75 Å². The predicted octanol–water partition coefficient (Wildman–Crippen LogP) is 3.31. The lowest BCUT2D eigenvalue weighted by Crippen LogP contribution is -2.30. The van der Waals surface area contributed by atoms with Crippen LogP contribution in [0.2, 0.25) is 0 Å². The molecule has 0 aliphatic carbocycles. The van der Waals surface area contributed by atoms with E-state index in [-0.39, 0.29) is 11.9 Å². The summed E-state index contributed by atoms with van der Waals surface area (Å²) in [4.78, 5) is 23.8. The Morgan fingerprint density at radius 1 is 1.04 bits per heavy atom. The minimum absolute atomic E-state index is 0.266. The molecule has 0 bridgehead atoms. The van der Waals surface area contributed by atoms with Gasteiger partial charge in [-0.25, -0.2) is 4.79 Å². The maximum Gasteiger partial charge on any atom is 0.319 e. The van der Waals surface area contributed by atoms with Crippen molar-refractivity contribution in [3.8, 4) is 5.75 Å². The summed E-state index contributed by atoms with van der Waals surface area (Å²) in [6.45, 7) is 0.382. The van der Waals surface area contributed by atoms with Crippen molar-refractivity contribution in [2.45, 2.75) is 0 Å². The Balaban J connectivity index is 1.99. The number of hydrogen-bond acceptors (Lipinski definition) is 3. The zero-order chi connectivity index (χ0) is 17.4. The van der Waals surface area contributed by atoms with E-state index in [1.54, 1.807) is 43.5 Å². The van der Waals surface area contributed by atoms with Crippen molar-refractivity contribution in [1.29, 1.82) is 0 Å². The molecule has 3 amide bonds. The first-order chi connectivity index (χ1) is 11.6. The van der Waals surface area contributed by atoms with Gasteiger partial charge in [0.25, 0.3) is 5.91 Å². The highest BCUT2D eigenvalue weighted by molar-refractivity contribution is 6.18. The minimum Gasteiger partial charge on any atom is -0.495 e. The van der Waals surface area contributed by atoms with E-state index in [0.29, 0.717) is 35.1 Å². The van der Waals surface area contributed by atoms with Gasteiger partial charge in [-0.1, -0.05) is 12.1 Å². The Morgan fingerprint density at radius 2 is 1.75 bits per heavy atom. The largest absolute Gasteiger partial charge is 0.495 e. The number of hydrogen-bond donors (Lipinski definition) is 3. The third-order valence-corrected chi connectivity index (χ3v) is 3.33. The number of carbonyl (C=O) groups excluding carboxylic acids is 2. The van der Waals surface area contributed by atoms with E-state index >= 15 is 0 Å². The molecule has 0 aliphatic heterocycles. The second kappa shape index (κ2) is 8.79. The van der Waals surface area contributed by atoms with Crippen LogP contribution >= 0.6 is 11.6 Å². The molecule has 2 aromatic carbocycles. The van der Waals surface area contributed by atoms with Crippen molar-refractivity contribution in [1.82, 2.24) is 5.32 Å². The van der Waals surface area contributed by atoms with Gasteiger partial charge in [-0.05, 0) is 36.4 Å². The molecule has 0 unspecified atom stereocenters. The Kier molecular flexibility index (Phi) is 6.45. The molecule has 126 valence electrons. The van der Waals surface area contributed by atoms with Crippen LogP contribution in [0.25, 0.3) is 0 Å². The van der Waals surface area contributed by atoms with Crippen molar-refractivity contribution in [3.05, 3.63) is 54.1 Å². The van der Waals surface area contributed by atoms with Gasteiger partial charge < -0.3 is 20.7 Å². The average Bonchev–Trinajstić information content (AvgIpc) is 2.61. The SMILES string of the molecule is COc1ccccc1NC(=O)c1ccc(NC(=O)NCCCl)cc1. The van der Waals surface area contributed by atoms with Gasteiger partial charge in [0, 0.05) is 23.7 Å². The molecule has 0 radical (unpaired) electrons.